The second kappa shape index (κ2) is 9.30. The molecule has 0 aliphatic carbocycles. The van der Waals surface area contributed by atoms with Gasteiger partial charge in [-0.1, -0.05) is 6.42 Å². The van der Waals surface area contributed by atoms with E-state index in [1.807, 2.05) is 13.8 Å². The number of piperidine rings is 1. The molecule has 18 heavy (non-hydrogen) atoms. The van der Waals surface area contributed by atoms with E-state index in [1.165, 1.54) is 0 Å². The Morgan fingerprint density at radius 2 is 1.89 bits per heavy atom. The maximum absolute atomic E-state index is 11.9. The van der Waals surface area contributed by atoms with Crippen LogP contribution in [0.3, 0.4) is 0 Å². The third-order valence-electron chi connectivity index (χ3n) is 2.89. The van der Waals surface area contributed by atoms with Gasteiger partial charge in [-0.3, -0.25) is 4.79 Å². The molecule has 0 bridgehead atoms. The first-order valence-electron chi connectivity index (χ1n) is 6.87. The van der Waals surface area contributed by atoms with Crippen molar-refractivity contribution < 1.29 is 19.0 Å². The predicted molar refractivity (Wildman–Crippen MR) is 68.5 cm³/mol. The van der Waals surface area contributed by atoms with Crippen LogP contribution in [0.25, 0.3) is 0 Å². The van der Waals surface area contributed by atoms with Crippen LogP contribution in [0.15, 0.2) is 0 Å². The standard InChI is InChI=1S/C13H25NO4/c1-3-16-9-11(10-17-4-2)18-13(15)12-7-5-6-8-14-12/h11-12,14H,3-10H2,1-2H3/t12-/m0/s1. The van der Waals surface area contributed by atoms with E-state index in [4.69, 9.17) is 14.2 Å². The Bertz CT molecular complexity index is 221. The Balaban J connectivity index is 2.34. The molecule has 1 atom stereocenters. The molecular weight excluding hydrogens is 234 g/mol. The first-order valence-corrected chi connectivity index (χ1v) is 6.87. The number of carbonyl (C=O) groups is 1. The van der Waals surface area contributed by atoms with Gasteiger partial charge in [0, 0.05) is 13.2 Å². The van der Waals surface area contributed by atoms with E-state index < -0.39 is 0 Å². The molecule has 1 N–H and O–H groups in total. The minimum Gasteiger partial charge on any atom is -0.456 e. The molecule has 1 saturated heterocycles. The Morgan fingerprint density at radius 1 is 1.22 bits per heavy atom. The van der Waals surface area contributed by atoms with E-state index in [2.05, 4.69) is 5.32 Å². The normalized spacial score (nSPS) is 20.1. The third-order valence-corrected chi connectivity index (χ3v) is 2.89. The van der Waals surface area contributed by atoms with Gasteiger partial charge in [-0.2, -0.15) is 0 Å². The van der Waals surface area contributed by atoms with E-state index in [9.17, 15) is 4.79 Å². The maximum Gasteiger partial charge on any atom is 0.323 e. The molecule has 0 aromatic rings. The zero-order chi connectivity index (χ0) is 13.2. The second-order valence-electron chi connectivity index (χ2n) is 4.38. The van der Waals surface area contributed by atoms with E-state index >= 15 is 0 Å². The topological polar surface area (TPSA) is 56.8 Å². The van der Waals surface area contributed by atoms with Crippen molar-refractivity contribution in [2.24, 2.45) is 0 Å². The van der Waals surface area contributed by atoms with Crippen molar-refractivity contribution in [1.29, 1.82) is 0 Å². The smallest absolute Gasteiger partial charge is 0.323 e. The number of hydrogen-bond donors (Lipinski definition) is 1. The van der Waals surface area contributed by atoms with Gasteiger partial charge in [0.05, 0.1) is 13.2 Å². The monoisotopic (exact) mass is 259 g/mol. The molecule has 1 rings (SSSR count). The predicted octanol–water partition coefficient (Wildman–Crippen LogP) is 1.11. The van der Waals surface area contributed by atoms with Gasteiger partial charge in [0.2, 0.25) is 0 Å². The number of nitrogens with one attached hydrogen (secondary N) is 1. The van der Waals surface area contributed by atoms with Gasteiger partial charge < -0.3 is 19.5 Å². The van der Waals surface area contributed by atoms with Crippen LogP contribution < -0.4 is 5.32 Å². The second-order valence-corrected chi connectivity index (χ2v) is 4.38. The first kappa shape index (κ1) is 15.4. The van der Waals surface area contributed by atoms with E-state index in [-0.39, 0.29) is 18.1 Å². The van der Waals surface area contributed by atoms with Crippen LogP contribution in [0.2, 0.25) is 0 Å². The van der Waals surface area contributed by atoms with Gasteiger partial charge >= 0.3 is 5.97 Å². The van der Waals surface area contributed by atoms with Crippen molar-refractivity contribution in [3.63, 3.8) is 0 Å². The molecule has 0 saturated carbocycles. The Morgan fingerprint density at radius 3 is 2.39 bits per heavy atom. The van der Waals surface area contributed by atoms with Gasteiger partial charge in [-0.15, -0.1) is 0 Å². The van der Waals surface area contributed by atoms with Gasteiger partial charge in [0.15, 0.2) is 0 Å². The summed E-state index contributed by atoms with van der Waals surface area (Å²) in [5.74, 6) is -0.181. The molecule has 1 fully saturated rings. The molecule has 1 aliphatic heterocycles. The summed E-state index contributed by atoms with van der Waals surface area (Å²) in [4.78, 5) is 11.9. The maximum atomic E-state index is 11.9. The highest BCUT2D eigenvalue weighted by molar-refractivity contribution is 5.76. The number of esters is 1. The SMILES string of the molecule is CCOCC(COCC)OC(=O)[C@@H]1CCCCN1. The summed E-state index contributed by atoms with van der Waals surface area (Å²) >= 11 is 0. The van der Waals surface area contributed by atoms with Crippen molar-refractivity contribution in [3.05, 3.63) is 0 Å². The van der Waals surface area contributed by atoms with Crippen LogP contribution in [-0.4, -0.2) is 51.1 Å². The number of ether oxygens (including phenoxy) is 3. The van der Waals surface area contributed by atoms with E-state index in [0.717, 1.165) is 25.8 Å². The fourth-order valence-corrected chi connectivity index (χ4v) is 1.91. The highest BCUT2D eigenvalue weighted by atomic mass is 16.6. The summed E-state index contributed by atoms with van der Waals surface area (Å²) in [6, 6.07) is -0.162. The molecule has 0 unspecified atom stereocenters. The van der Waals surface area contributed by atoms with Gasteiger partial charge in [-0.05, 0) is 33.2 Å². The fourth-order valence-electron chi connectivity index (χ4n) is 1.91. The number of rotatable bonds is 8. The summed E-state index contributed by atoms with van der Waals surface area (Å²) in [5, 5.41) is 3.18. The molecule has 0 spiro atoms. The minimum atomic E-state index is -0.305. The largest absolute Gasteiger partial charge is 0.456 e. The zero-order valence-electron chi connectivity index (χ0n) is 11.4. The lowest BCUT2D eigenvalue weighted by Gasteiger charge is -2.25. The summed E-state index contributed by atoms with van der Waals surface area (Å²) < 4.78 is 16.0. The summed E-state index contributed by atoms with van der Waals surface area (Å²) in [7, 11) is 0. The quantitative estimate of drug-likeness (QED) is 0.662. The fraction of sp³-hybridized carbons (Fsp3) is 0.923. The Hall–Kier alpha value is -0.650. The molecule has 1 aliphatic rings. The molecular formula is C13H25NO4. The number of carbonyl (C=O) groups excluding carboxylic acids is 1. The lowest BCUT2D eigenvalue weighted by molar-refractivity contribution is -0.159. The minimum absolute atomic E-state index is 0.162. The van der Waals surface area contributed by atoms with Crippen molar-refractivity contribution >= 4 is 5.97 Å². The summed E-state index contributed by atoms with van der Waals surface area (Å²) in [6.07, 6.45) is 2.76. The molecule has 0 amide bonds. The van der Waals surface area contributed by atoms with E-state index in [0.29, 0.717) is 26.4 Å². The van der Waals surface area contributed by atoms with Crippen LogP contribution in [0.4, 0.5) is 0 Å². The lowest BCUT2D eigenvalue weighted by Crippen LogP contribution is -2.44. The number of hydrogen-bond acceptors (Lipinski definition) is 5. The van der Waals surface area contributed by atoms with Crippen molar-refractivity contribution in [3.8, 4) is 0 Å². The van der Waals surface area contributed by atoms with Crippen LogP contribution in [-0.2, 0) is 19.0 Å². The third kappa shape index (κ3) is 5.80. The average molecular weight is 259 g/mol. The summed E-state index contributed by atoms with van der Waals surface area (Å²) in [5.41, 5.74) is 0. The van der Waals surface area contributed by atoms with Crippen LogP contribution in [0, 0.1) is 0 Å². The van der Waals surface area contributed by atoms with Crippen LogP contribution in [0.5, 0.6) is 0 Å². The molecule has 0 aromatic heterocycles. The van der Waals surface area contributed by atoms with Gasteiger partial charge in [0.25, 0.3) is 0 Å². The molecule has 1 heterocycles. The van der Waals surface area contributed by atoms with Crippen molar-refractivity contribution in [2.75, 3.05) is 33.0 Å². The highest BCUT2D eigenvalue weighted by Gasteiger charge is 2.25. The zero-order valence-corrected chi connectivity index (χ0v) is 11.4. The molecule has 5 heteroatoms. The van der Waals surface area contributed by atoms with Crippen LogP contribution in [0.1, 0.15) is 33.1 Å². The van der Waals surface area contributed by atoms with Gasteiger partial charge in [-0.25, -0.2) is 0 Å². The molecule has 5 nitrogen and oxygen atoms in total. The highest BCUT2D eigenvalue weighted by Crippen LogP contribution is 2.09. The molecule has 106 valence electrons. The van der Waals surface area contributed by atoms with Crippen molar-refractivity contribution in [1.82, 2.24) is 5.32 Å². The average Bonchev–Trinajstić information content (AvgIpc) is 2.42. The Kier molecular flexibility index (Phi) is 7.96. The molecule has 0 radical (unpaired) electrons. The lowest BCUT2D eigenvalue weighted by atomic mass is 10.1. The first-order chi connectivity index (χ1) is 8.77. The Labute approximate surface area is 109 Å². The van der Waals surface area contributed by atoms with Gasteiger partial charge in [0.1, 0.15) is 12.1 Å². The van der Waals surface area contributed by atoms with Crippen molar-refractivity contribution in [2.45, 2.75) is 45.3 Å². The van der Waals surface area contributed by atoms with E-state index in [1.54, 1.807) is 0 Å². The van der Waals surface area contributed by atoms with Crippen LogP contribution >= 0.6 is 0 Å². The molecule has 0 aromatic carbocycles. The summed E-state index contributed by atoms with van der Waals surface area (Å²) in [6.45, 7) is 6.75.